The van der Waals surface area contributed by atoms with Crippen molar-refractivity contribution in [3.63, 3.8) is 0 Å². The molecule has 2 aromatic rings. The van der Waals surface area contributed by atoms with Crippen LogP contribution in [0.3, 0.4) is 0 Å². The van der Waals surface area contributed by atoms with E-state index < -0.39 is 0 Å². The third-order valence-electron chi connectivity index (χ3n) is 3.57. The van der Waals surface area contributed by atoms with Crippen molar-refractivity contribution < 1.29 is 0 Å². The van der Waals surface area contributed by atoms with E-state index in [1.54, 1.807) is 0 Å². The predicted octanol–water partition coefficient (Wildman–Crippen LogP) is 5.16. The van der Waals surface area contributed by atoms with Gasteiger partial charge in [0, 0.05) is 0 Å². The Morgan fingerprint density at radius 3 is 2.06 bits per heavy atom. The van der Waals surface area contributed by atoms with Crippen LogP contribution in [0.5, 0.6) is 0 Å². The van der Waals surface area contributed by atoms with E-state index in [0.29, 0.717) is 11.8 Å². The van der Waals surface area contributed by atoms with E-state index in [-0.39, 0.29) is 0 Å². The van der Waals surface area contributed by atoms with Crippen molar-refractivity contribution in [3.05, 3.63) is 71.3 Å². The molecule has 0 amide bonds. The van der Waals surface area contributed by atoms with Gasteiger partial charge in [-0.25, -0.2) is 0 Å². The summed E-state index contributed by atoms with van der Waals surface area (Å²) in [7, 11) is 0. The van der Waals surface area contributed by atoms with E-state index >= 15 is 0 Å². The summed E-state index contributed by atoms with van der Waals surface area (Å²) in [5.41, 5.74) is 4.40. The van der Waals surface area contributed by atoms with Gasteiger partial charge in [-0.15, -0.1) is 0 Å². The Labute approximate surface area is 111 Å². The highest BCUT2D eigenvalue weighted by molar-refractivity contribution is 5.32. The summed E-state index contributed by atoms with van der Waals surface area (Å²) < 4.78 is 0. The monoisotopic (exact) mass is 238 g/mol. The number of hydrogen-bond donors (Lipinski definition) is 0. The van der Waals surface area contributed by atoms with Crippen LogP contribution < -0.4 is 0 Å². The summed E-state index contributed by atoms with van der Waals surface area (Å²) in [6, 6.07) is 19.6. The van der Waals surface area contributed by atoms with Gasteiger partial charge in [-0.05, 0) is 34.9 Å². The lowest BCUT2D eigenvalue weighted by molar-refractivity contribution is 0.737. The molecule has 0 heteroatoms. The zero-order chi connectivity index (χ0) is 13.0. The van der Waals surface area contributed by atoms with Crippen LogP contribution in [0.25, 0.3) is 0 Å². The summed E-state index contributed by atoms with van der Waals surface area (Å²) in [5, 5.41) is 0. The Morgan fingerprint density at radius 2 is 1.39 bits per heavy atom. The van der Waals surface area contributed by atoms with Gasteiger partial charge in [0.25, 0.3) is 0 Å². The summed E-state index contributed by atoms with van der Waals surface area (Å²) in [6.45, 7) is 6.85. The Bertz CT molecular complexity index is 482. The number of benzene rings is 2. The first-order valence-corrected chi connectivity index (χ1v) is 6.81. The lowest BCUT2D eigenvalue weighted by Gasteiger charge is -2.17. The predicted molar refractivity (Wildman–Crippen MR) is 79.1 cm³/mol. The van der Waals surface area contributed by atoms with Crippen molar-refractivity contribution in [3.8, 4) is 0 Å². The molecule has 0 fully saturated rings. The molecule has 2 aromatic carbocycles. The van der Waals surface area contributed by atoms with Crippen molar-refractivity contribution in [2.75, 3.05) is 0 Å². The quantitative estimate of drug-likeness (QED) is 0.690. The van der Waals surface area contributed by atoms with Gasteiger partial charge in [-0.2, -0.15) is 0 Å². The highest BCUT2D eigenvalue weighted by Crippen LogP contribution is 2.25. The van der Waals surface area contributed by atoms with Gasteiger partial charge in [0.2, 0.25) is 0 Å². The molecule has 0 saturated heterocycles. The van der Waals surface area contributed by atoms with Crippen LogP contribution in [0.1, 0.15) is 49.3 Å². The topological polar surface area (TPSA) is 0 Å². The zero-order valence-electron chi connectivity index (χ0n) is 11.6. The molecule has 0 spiro atoms. The fourth-order valence-electron chi connectivity index (χ4n) is 2.51. The second-order valence-electron chi connectivity index (χ2n) is 5.37. The van der Waals surface area contributed by atoms with Crippen LogP contribution in [0.4, 0.5) is 0 Å². The Morgan fingerprint density at radius 1 is 0.778 bits per heavy atom. The van der Waals surface area contributed by atoms with Gasteiger partial charge < -0.3 is 0 Å². The van der Waals surface area contributed by atoms with Crippen LogP contribution in [0.15, 0.2) is 54.6 Å². The van der Waals surface area contributed by atoms with Crippen molar-refractivity contribution in [2.24, 2.45) is 0 Å². The van der Waals surface area contributed by atoms with Crippen LogP contribution in [0, 0.1) is 0 Å². The molecule has 0 saturated carbocycles. The van der Waals surface area contributed by atoms with E-state index in [2.05, 4.69) is 75.4 Å². The summed E-state index contributed by atoms with van der Waals surface area (Å²) in [4.78, 5) is 0. The molecule has 1 unspecified atom stereocenters. The smallest absolute Gasteiger partial charge is 0.0150 e. The standard InChI is InChI=1S/C18H22/c1-14(2)18-12-8-7-11-17(18)13-15(3)16-9-5-4-6-10-16/h4-12,14-15H,13H2,1-3H3. The maximum atomic E-state index is 2.31. The molecule has 0 heterocycles. The molecule has 1 atom stereocenters. The van der Waals surface area contributed by atoms with Gasteiger partial charge in [-0.3, -0.25) is 0 Å². The largest absolute Gasteiger partial charge is 0.0622 e. The molecular formula is C18H22. The van der Waals surface area contributed by atoms with Gasteiger partial charge in [0.1, 0.15) is 0 Å². The van der Waals surface area contributed by atoms with Gasteiger partial charge in [0.05, 0.1) is 0 Å². The van der Waals surface area contributed by atoms with E-state index in [0.717, 1.165) is 6.42 Å². The molecule has 0 N–H and O–H groups in total. The molecule has 0 radical (unpaired) electrons. The minimum atomic E-state index is 0.575. The summed E-state index contributed by atoms with van der Waals surface area (Å²) >= 11 is 0. The lowest BCUT2D eigenvalue weighted by Crippen LogP contribution is -2.02. The average Bonchev–Trinajstić information content (AvgIpc) is 2.40. The number of rotatable bonds is 4. The minimum absolute atomic E-state index is 0.575. The van der Waals surface area contributed by atoms with E-state index in [1.165, 1.54) is 16.7 Å². The summed E-state index contributed by atoms with van der Waals surface area (Å²) in [6.07, 6.45) is 1.12. The Balaban J connectivity index is 2.19. The third-order valence-corrected chi connectivity index (χ3v) is 3.57. The first kappa shape index (κ1) is 12.9. The van der Waals surface area contributed by atoms with Crippen LogP contribution in [-0.4, -0.2) is 0 Å². The van der Waals surface area contributed by atoms with Crippen molar-refractivity contribution >= 4 is 0 Å². The first-order chi connectivity index (χ1) is 8.68. The lowest BCUT2D eigenvalue weighted by atomic mass is 9.88. The molecule has 0 aromatic heterocycles. The Kier molecular flexibility index (Phi) is 4.19. The van der Waals surface area contributed by atoms with E-state index in [9.17, 15) is 0 Å². The van der Waals surface area contributed by atoms with Gasteiger partial charge in [-0.1, -0.05) is 75.4 Å². The third kappa shape index (κ3) is 3.01. The molecule has 0 aliphatic rings. The van der Waals surface area contributed by atoms with Crippen molar-refractivity contribution in [2.45, 2.75) is 39.0 Å². The highest BCUT2D eigenvalue weighted by atomic mass is 14.2. The molecule has 0 bridgehead atoms. The van der Waals surface area contributed by atoms with Crippen LogP contribution in [0.2, 0.25) is 0 Å². The molecule has 18 heavy (non-hydrogen) atoms. The molecule has 0 aliphatic carbocycles. The Hall–Kier alpha value is -1.56. The normalized spacial score (nSPS) is 12.7. The van der Waals surface area contributed by atoms with Crippen LogP contribution >= 0.6 is 0 Å². The fourth-order valence-corrected chi connectivity index (χ4v) is 2.51. The fraction of sp³-hybridized carbons (Fsp3) is 0.333. The minimum Gasteiger partial charge on any atom is -0.0622 e. The molecule has 2 rings (SSSR count). The SMILES string of the molecule is CC(C)c1ccccc1CC(C)c1ccccc1. The number of hydrogen-bond acceptors (Lipinski definition) is 0. The highest BCUT2D eigenvalue weighted by Gasteiger charge is 2.10. The zero-order valence-corrected chi connectivity index (χ0v) is 11.6. The van der Waals surface area contributed by atoms with Crippen molar-refractivity contribution in [1.29, 1.82) is 0 Å². The molecule has 0 nitrogen and oxygen atoms in total. The van der Waals surface area contributed by atoms with Gasteiger partial charge in [0.15, 0.2) is 0 Å². The average molecular weight is 238 g/mol. The second kappa shape index (κ2) is 5.86. The van der Waals surface area contributed by atoms with Crippen molar-refractivity contribution in [1.82, 2.24) is 0 Å². The van der Waals surface area contributed by atoms with E-state index in [1.807, 2.05) is 0 Å². The molecular weight excluding hydrogens is 216 g/mol. The second-order valence-corrected chi connectivity index (χ2v) is 5.37. The van der Waals surface area contributed by atoms with E-state index in [4.69, 9.17) is 0 Å². The maximum Gasteiger partial charge on any atom is -0.0150 e. The van der Waals surface area contributed by atoms with Gasteiger partial charge >= 0.3 is 0 Å². The molecule has 0 aliphatic heterocycles. The maximum absolute atomic E-state index is 2.31. The molecule has 94 valence electrons. The summed E-state index contributed by atoms with van der Waals surface area (Å²) in [5.74, 6) is 1.18. The van der Waals surface area contributed by atoms with Crippen LogP contribution in [-0.2, 0) is 6.42 Å². The first-order valence-electron chi connectivity index (χ1n) is 6.81.